The van der Waals surface area contributed by atoms with Crippen molar-refractivity contribution in [2.24, 2.45) is 0 Å². The van der Waals surface area contributed by atoms with Gasteiger partial charge in [-0.1, -0.05) is 6.58 Å². The molecule has 0 atom stereocenters. The largest absolute Gasteiger partial charge is 0.462 e. The number of carbonyl (C=O) groups excluding carboxylic acids is 2. The smallest absolute Gasteiger partial charge is 0.338 e. The van der Waals surface area contributed by atoms with E-state index in [0.29, 0.717) is 30.9 Å². The zero-order valence-electron chi connectivity index (χ0n) is 10.6. The number of hydrogen-bond donors (Lipinski definition) is 0. The fraction of sp³-hybridized carbons (Fsp3) is 0.286. The zero-order valence-corrected chi connectivity index (χ0v) is 11.4. The first-order valence-corrected chi connectivity index (χ1v) is 6.29. The summed E-state index contributed by atoms with van der Waals surface area (Å²) in [6.07, 6.45) is 1.48. The molecule has 0 aliphatic carbocycles. The van der Waals surface area contributed by atoms with Gasteiger partial charge in [-0.3, -0.25) is 4.79 Å². The van der Waals surface area contributed by atoms with Gasteiger partial charge in [0.15, 0.2) is 0 Å². The van der Waals surface area contributed by atoms with Gasteiger partial charge >= 0.3 is 5.97 Å². The van der Waals surface area contributed by atoms with Crippen LogP contribution in [0.15, 0.2) is 30.4 Å². The van der Waals surface area contributed by atoms with Crippen LogP contribution in [0.4, 0.5) is 8.78 Å². The second-order valence-corrected chi connectivity index (χ2v) is 4.47. The molecule has 0 aliphatic rings. The Morgan fingerprint density at radius 2 is 1.75 bits per heavy atom. The lowest BCUT2D eigenvalue weighted by atomic mass is 10.1. The quantitative estimate of drug-likeness (QED) is 0.334. The summed E-state index contributed by atoms with van der Waals surface area (Å²) < 4.78 is 30.6. The molecule has 0 aromatic heterocycles. The molecule has 20 heavy (non-hydrogen) atoms. The number of carbonyl (C=O) groups is 2. The first-order chi connectivity index (χ1) is 9.40. The number of ether oxygens (including phenoxy) is 1. The lowest BCUT2D eigenvalue weighted by Gasteiger charge is -2.05. The van der Waals surface area contributed by atoms with E-state index in [2.05, 4.69) is 6.58 Å². The molecular weight excluding hydrogens is 290 g/mol. The van der Waals surface area contributed by atoms with Crippen molar-refractivity contribution < 1.29 is 23.1 Å². The minimum atomic E-state index is -0.839. The third kappa shape index (κ3) is 5.48. The fourth-order valence-electron chi connectivity index (χ4n) is 1.46. The Labute approximate surface area is 120 Å². The normalized spacial score (nSPS) is 10.2. The first-order valence-electron chi connectivity index (χ1n) is 5.91. The Morgan fingerprint density at radius 1 is 1.15 bits per heavy atom. The molecule has 3 nitrogen and oxygen atoms in total. The van der Waals surface area contributed by atoms with Crippen molar-refractivity contribution in [1.82, 2.24) is 0 Å². The average Bonchev–Trinajstić information content (AvgIpc) is 2.36. The number of esters is 1. The van der Waals surface area contributed by atoms with E-state index in [0.717, 1.165) is 12.1 Å². The van der Waals surface area contributed by atoms with Gasteiger partial charge in [0.1, 0.15) is 11.6 Å². The number of hydrogen-bond acceptors (Lipinski definition) is 3. The predicted molar refractivity (Wildman–Crippen MR) is 70.5 cm³/mol. The lowest BCUT2D eigenvalue weighted by molar-refractivity contribution is -0.108. The summed E-state index contributed by atoms with van der Waals surface area (Å²) in [4.78, 5) is 22.2. The first kappa shape index (κ1) is 16.3. The molecule has 0 N–H and O–H groups in total. The molecule has 1 aromatic carbocycles. The highest BCUT2D eigenvalue weighted by atomic mass is 35.5. The third-order valence-corrected chi connectivity index (χ3v) is 2.75. The number of benzene rings is 1. The summed E-state index contributed by atoms with van der Waals surface area (Å²) in [6, 6.07) is 2.48. The minimum Gasteiger partial charge on any atom is -0.462 e. The van der Waals surface area contributed by atoms with E-state index in [1.54, 1.807) is 0 Å². The lowest BCUT2D eigenvalue weighted by Crippen LogP contribution is -2.07. The molecule has 0 spiro atoms. The monoisotopic (exact) mass is 302 g/mol. The van der Waals surface area contributed by atoms with Crippen LogP contribution in [0.25, 0.3) is 0 Å². The molecular formula is C14H13ClF2O3. The second-order valence-electron chi connectivity index (χ2n) is 4.13. The van der Waals surface area contributed by atoms with Crippen molar-refractivity contribution in [3.05, 3.63) is 47.5 Å². The van der Waals surface area contributed by atoms with Crippen molar-refractivity contribution in [2.75, 3.05) is 6.61 Å². The highest BCUT2D eigenvalue weighted by molar-refractivity contribution is 6.67. The Morgan fingerprint density at radius 3 is 2.30 bits per heavy atom. The van der Waals surface area contributed by atoms with Crippen molar-refractivity contribution in [1.29, 1.82) is 0 Å². The van der Waals surface area contributed by atoms with E-state index in [1.807, 2.05) is 0 Å². The van der Waals surface area contributed by atoms with Crippen LogP contribution in [0.5, 0.6) is 0 Å². The van der Waals surface area contributed by atoms with E-state index < -0.39 is 22.8 Å². The van der Waals surface area contributed by atoms with Crippen LogP contribution in [-0.2, 0) is 9.53 Å². The van der Waals surface area contributed by atoms with Gasteiger partial charge in [-0.2, -0.15) is 0 Å². The van der Waals surface area contributed by atoms with Crippen molar-refractivity contribution in [2.45, 2.75) is 19.3 Å². The summed E-state index contributed by atoms with van der Waals surface area (Å²) >= 11 is 5.21. The Hall–Kier alpha value is -1.75. The molecule has 0 amide bonds. The maximum Gasteiger partial charge on any atom is 0.338 e. The molecule has 0 aliphatic heterocycles. The summed E-state index contributed by atoms with van der Waals surface area (Å²) in [5.74, 6) is -2.47. The van der Waals surface area contributed by atoms with Crippen LogP contribution in [-0.4, -0.2) is 17.8 Å². The summed E-state index contributed by atoms with van der Waals surface area (Å²) in [6.45, 7) is 3.57. The van der Waals surface area contributed by atoms with Crippen molar-refractivity contribution in [3.63, 3.8) is 0 Å². The van der Waals surface area contributed by atoms with E-state index in [1.165, 1.54) is 0 Å². The van der Waals surface area contributed by atoms with Gasteiger partial charge in [0.05, 0.1) is 12.2 Å². The van der Waals surface area contributed by atoms with Crippen molar-refractivity contribution in [3.8, 4) is 0 Å². The third-order valence-electron chi connectivity index (χ3n) is 2.48. The average molecular weight is 303 g/mol. The van der Waals surface area contributed by atoms with Gasteiger partial charge in [0.2, 0.25) is 5.24 Å². The molecule has 1 rings (SSSR count). The van der Waals surface area contributed by atoms with Gasteiger partial charge in [0.25, 0.3) is 0 Å². The zero-order chi connectivity index (χ0) is 15.1. The molecule has 0 radical (unpaired) electrons. The van der Waals surface area contributed by atoms with Crippen LogP contribution < -0.4 is 0 Å². The van der Waals surface area contributed by atoms with E-state index in [4.69, 9.17) is 16.3 Å². The maximum atomic E-state index is 12.9. The molecule has 1 aromatic rings. The van der Waals surface area contributed by atoms with Crippen LogP contribution >= 0.6 is 11.6 Å². The predicted octanol–water partition coefficient (Wildman–Crippen LogP) is 3.61. The molecule has 108 valence electrons. The Kier molecular flexibility index (Phi) is 6.31. The molecule has 0 fully saturated rings. The molecule has 0 saturated carbocycles. The Balaban J connectivity index is 2.33. The second kappa shape index (κ2) is 7.75. The van der Waals surface area contributed by atoms with Gasteiger partial charge in [-0.15, -0.1) is 0 Å². The number of allylic oxidation sites excluding steroid dienone is 1. The van der Waals surface area contributed by atoms with Gasteiger partial charge in [-0.25, -0.2) is 13.6 Å². The fourth-order valence-corrected chi connectivity index (χ4v) is 1.55. The minimum absolute atomic E-state index is 0.0840. The van der Waals surface area contributed by atoms with Crippen LogP contribution in [0.3, 0.4) is 0 Å². The van der Waals surface area contributed by atoms with E-state index in [9.17, 15) is 18.4 Å². The summed E-state index contributed by atoms with van der Waals surface area (Å²) in [5.41, 5.74) is 0.119. The molecule has 0 saturated heterocycles. The topological polar surface area (TPSA) is 43.4 Å². The van der Waals surface area contributed by atoms with Crippen LogP contribution in [0.2, 0.25) is 0 Å². The number of rotatable bonds is 7. The molecule has 0 heterocycles. The van der Waals surface area contributed by atoms with Crippen molar-refractivity contribution >= 4 is 22.8 Å². The van der Waals surface area contributed by atoms with Gasteiger partial charge < -0.3 is 4.74 Å². The Bertz CT molecular complexity index is 509. The summed E-state index contributed by atoms with van der Waals surface area (Å²) in [7, 11) is 0. The standard InChI is InChI=1S/C14H13ClF2O3/c1-9(13(15)18)4-2-3-5-20-14(19)10-6-11(16)8-12(17)7-10/h6-8H,1-5H2. The van der Waals surface area contributed by atoms with E-state index >= 15 is 0 Å². The molecule has 6 heteroatoms. The van der Waals surface area contributed by atoms with Gasteiger partial charge in [-0.05, 0) is 43.0 Å². The van der Waals surface area contributed by atoms with Crippen LogP contribution in [0, 0.1) is 11.6 Å². The number of halogens is 3. The molecule has 0 unspecified atom stereocenters. The molecule has 0 bridgehead atoms. The highest BCUT2D eigenvalue weighted by Crippen LogP contribution is 2.11. The highest BCUT2D eigenvalue weighted by Gasteiger charge is 2.10. The van der Waals surface area contributed by atoms with E-state index in [-0.39, 0.29) is 12.2 Å². The SMILES string of the molecule is C=C(CCCCOC(=O)c1cc(F)cc(F)c1)C(=O)Cl. The number of unbranched alkanes of at least 4 members (excludes halogenated alkanes) is 1. The van der Waals surface area contributed by atoms with Crippen LogP contribution in [0.1, 0.15) is 29.6 Å². The maximum absolute atomic E-state index is 12.9. The van der Waals surface area contributed by atoms with Gasteiger partial charge in [0, 0.05) is 11.6 Å². The summed E-state index contributed by atoms with van der Waals surface area (Å²) in [5, 5.41) is -0.586.